The smallest absolute Gasteiger partial charge is 0.408 e. The van der Waals surface area contributed by atoms with Crippen LogP contribution in [0.2, 0.25) is 0 Å². The van der Waals surface area contributed by atoms with Crippen molar-refractivity contribution in [1.82, 2.24) is 5.32 Å². The zero-order valence-corrected chi connectivity index (χ0v) is 17.1. The van der Waals surface area contributed by atoms with Crippen molar-refractivity contribution in [3.05, 3.63) is 107 Å². The first kappa shape index (κ1) is 19.9. The van der Waals surface area contributed by atoms with E-state index in [0.717, 1.165) is 21.2 Å². The summed E-state index contributed by atoms with van der Waals surface area (Å²) in [6.45, 7) is 0.155. The molecule has 0 fully saturated rings. The van der Waals surface area contributed by atoms with Crippen molar-refractivity contribution in [2.24, 2.45) is 0 Å². The highest BCUT2D eigenvalue weighted by Crippen LogP contribution is 2.26. The Morgan fingerprint density at radius 3 is 2.17 bits per heavy atom. The molecule has 1 atom stereocenters. The van der Waals surface area contributed by atoms with Crippen molar-refractivity contribution in [2.45, 2.75) is 19.1 Å². The highest BCUT2D eigenvalue weighted by atomic mass is 32.1. The van der Waals surface area contributed by atoms with Crippen LogP contribution in [0.1, 0.15) is 20.8 Å². The van der Waals surface area contributed by atoms with Crippen LogP contribution >= 0.6 is 11.3 Å². The van der Waals surface area contributed by atoms with E-state index in [2.05, 4.69) is 5.32 Å². The number of hydrogen-bond donors (Lipinski definition) is 1. The van der Waals surface area contributed by atoms with Crippen molar-refractivity contribution in [2.75, 3.05) is 0 Å². The number of nitrogens with one attached hydrogen (secondary N) is 1. The molecule has 0 bridgehead atoms. The lowest BCUT2D eigenvalue weighted by molar-refractivity contribution is 0.0920. The van der Waals surface area contributed by atoms with Gasteiger partial charge in [0.1, 0.15) is 12.6 Å². The number of thiophene rings is 1. The van der Waals surface area contributed by atoms with Crippen LogP contribution in [-0.4, -0.2) is 17.9 Å². The Bertz CT molecular complexity index is 1110. The number of rotatable bonds is 7. The summed E-state index contributed by atoms with van der Waals surface area (Å²) in [5, 5.41) is 3.80. The molecule has 1 aromatic heterocycles. The molecule has 1 heterocycles. The van der Waals surface area contributed by atoms with Gasteiger partial charge >= 0.3 is 6.09 Å². The van der Waals surface area contributed by atoms with Crippen LogP contribution in [0, 0.1) is 0 Å². The molecule has 0 saturated heterocycles. The Morgan fingerprint density at radius 1 is 0.833 bits per heavy atom. The van der Waals surface area contributed by atoms with Crippen LogP contribution in [0.3, 0.4) is 0 Å². The minimum atomic E-state index is -0.705. The molecule has 4 nitrogen and oxygen atoms in total. The zero-order chi connectivity index (χ0) is 20.8. The third-order valence-electron chi connectivity index (χ3n) is 4.77. The largest absolute Gasteiger partial charge is 0.445 e. The van der Waals surface area contributed by atoms with E-state index in [1.807, 2.05) is 91.0 Å². The number of ketones is 1. The van der Waals surface area contributed by atoms with Gasteiger partial charge in [0.2, 0.25) is 0 Å². The van der Waals surface area contributed by atoms with Crippen molar-refractivity contribution < 1.29 is 14.3 Å². The van der Waals surface area contributed by atoms with E-state index in [-0.39, 0.29) is 12.4 Å². The highest BCUT2D eigenvalue weighted by Gasteiger charge is 2.25. The van der Waals surface area contributed by atoms with Gasteiger partial charge in [0.05, 0.1) is 4.88 Å². The Hall–Kier alpha value is -3.44. The molecule has 150 valence electrons. The number of carbonyl (C=O) groups is 2. The molecule has 0 aliphatic rings. The maximum absolute atomic E-state index is 13.3. The Balaban J connectivity index is 1.51. The fraction of sp³-hybridized carbons (Fsp3) is 0.120. The second-order valence-corrected chi connectivity index (χ2v) is 8.04. The third-order valence-corrected chi connectivity index (χ3v) is 5.90. The van der Waals surface area contributed by atoms with Gasteiger partial charge in [0.15, 0.2) is 5.78 Å². The molecule has 5 heteroatoms. The number of alkyl carbamates (subject to hydrolysis) is 1. The minimum Gasteiger partial charge on any atom is -0.445 e. The van der Waals surface area contributed by atoms with Gasteiger partial charge in [0.25, 0.3) is 0 Å². The Morgan fingerprint density at radius 2 is 1.47 bits per heavy atom. The van der Waals surface area contributed by atoms with Gasteiger partial charge < -0.3 is 10.1 Å². The summed E-state index contributed by atoms with van der Waals surface area (Å²) in [6, 6.07) is 28.2. The predicted octanol–water partition coefficient (Wildman–Crippen LogP) is 5.62. The third kappa shape index (κ3) is 4.93. The van der Waals surface area contributed by atoms with E-state index in [4.69, 9.17) is 4.74 Å². The number of fused-ring (bicyclic) bond motifs is 1. The van der Waals surface area contributed by atoms with Gasteiger partial charge in [-0.05, 0) is 28.6 Å². The molecule has 4 aromatic rings. The SMILES string of the molecule is O=C(N[C@@H](Cc1ccccc1)C(=O)c1cc2ccccc2s1)OCc1ccccc1. The Labute approximate surface area is 179 Å². The highest BCUT2D eigenvalue weighted by molar-refractivity contribution is 7.20. The average molecular weight is 416 g/mol. The lowest BCUT2D eigenvalue weighted by Gasteiger charge is -2.17. The van der Waals surface area contributed by atoms with Crippen LogP contribution in [0.5, 0.6) is 0 Å². The second kappa shape index (κ2) is 9.37. The topological polar surface area (TPSA) is 55.4 Å². The molecule has 0 radical (unpaired) electrons. The molecule has 1 N–H and O–H groups in total. The number of carbonyl (C=O) groups excluding carboxylic acids is 2. The first-order valence-electron chi connectivity index (χ1n) is 9.73. The van der Waals surface area contributed by atoms with E-state index in [1.54, 1.807) is 0 Å². The van der Waals surface area contributed by atoms with Gasteiger partial charge in [0, 0.05) is 11.1 Å². The van der Waals surface area contributed by atoms with Gasteiger partial charge in [-0.15, -0.1) is 11.3 Å². The molecule has 4 rings (SSSR count). The normalized spacial score (nSPS) is 11.7. The molecule has 0 aliphatic heterocycles. The number of amides is 1. The molecule has 0 aliphatic carbocycles. The van der Waals surface area contributed by atoms with Crippen LogP contribution in [0.25, 0.3) is 10.1 Å². The first-order chi connectivity index (χ1) is 14.7. The van der Waals surface area contributed by atoms with Gasteiger partial charge in [-0.3, -0.25) is 4.79 Å². The fourth-order valence-corrected chi connectivity index (χ4v) is 4.30. The maximum Gasteiger partial charge on any atom is 0.408 e. The Kier molecular flexibility index (Phi) is 6.20. The number of ether oxygens (including phenoxy) is 1. The number of Topliss-reactive ketones (excluding diaryl/α,β-unsaturated/α-hetero) is 1. The summed E-state index contributed by atoms with van der Waals surface area (Å²) < 4.78 is 6.39. The monoisotopic (exact) mass is 415 g/mol. The molecule has 1 amide bonds. The average Bonchev–Trinajstić information content (AvgIpc) is 3.22. The summed E-state index contributed by atoms with van der Waals surface area (Å²) in [4.78, 5) is 26.3. The minimum absolute atomic E-state index is 0.114. The maximum atomic E-state index is 13.3. The molecule has 30 heavy (non-hydrogen) atoms. The molecule has 0 saturated carbocycles. The summed E-state index contributed by atoms with van der Waals surface area (Å²) >= 11 is 1.44. The second-order valence-electron chi connectivity index (χ2n) is 6.96. The van der Waals surface area contributed by atoms with E-state index < -0.39 is 12.1 Å². The zero-order valence-electron chi connectivity index (χ0n) is 16.3. The lowest BCUT2D eigenvalue weighted by atomic mass is 10.0. The van der Waals surface area contributed by atoms with Gasteiger partial charge in [-0.25, -0.2) is 4.79 Å². The van der Waals surface area contributed by atoms with Crippen LogP contribution < -0.4 is 5.32 Å². The molecule has 0 unspecified atom stereocenters. The summed E-state index contributed by atoms with van der Waals surface area (Å²) in [7, 11) is 0. The van der Waals surface area contributed by atoms with Crippen molar-refractivity contribution in [1.29, 1.82) is 0 Å². The van der Waals surface area contributed by atoms with Crippen LogP contribution in [0.15, 0.2) is 91.0 Å². The van der Waals surface area contributed by atoms with E-state index >= 15 is 0 Å². The van der Waals surface area contributed by atoms with Gasteiger partial charge in [-0.1, -0.05) is 78.9 Å². The molecular weight excluding hydrogens is 394 g/mol. The quantitative estimate of drug-likeness (QED) is 0.399. The number of benzene rings is 3. The van der Waals surface area contributed by atoms with Gasteiger partial charge in [-0.2, -0.15) is 0 Å². The van der Waals surface area contributed by atoms with Crippen molar-refractivity contribution in [3.63, 3.8) is 0 Å². The predicted molar refractivity (Wildman–Crippen MR) is 120 cm³/mol. The van der Waals surface area contributed by atoms with E-state index in [1.165, 1.54) is 11.3 Å². The molecule has 3 aromatic carbocycles. The summed E-state index contributed by atoms with van der Waals surface area (Å²) in [6.07, 6.45) is -0.205. The van der Waals surface area contributed by atoms with Crippen LogP contribution in [-0.2, 0) is 17.8 Å². The number of hydrogen-bond acceptors (Lipinski definition) is 4. The molecule has 0 spiro atoms. The first-order valence-corrected chi connectivity index (χ1v) is 10.5. The van der Waals surface area contributed by atoms with E-state index in [9.17, 15) is 9.59 Å². The summed E-state index contributed by atoms with van der Waals surface area (Å²) in [5.41, 5.74) is 1.86. The standard InChI is InChI=1S/C25H21NO3S/c27-24(23-16-20-13-7-8-14-22(20)30-23)21(15-18-9-3-1-4-10-18)26-25(28)29-17-19-11-5-2-6-12-19/h1-14,16,21H,15,17H2,(H,26,28)/t21-/m0/s1. The van der Waals surface area contributed by atoms with Crippen molar-refractivity contribution in [3.8, 4) is 0 Å². The summed E-state index contributed by atoms with van der Waals surface area (Å²) in [5.74, 6) is -0.114. The van der Waals surface area contributed by atoms with E-state index in [0.29, 0.717) is 11.3 Å². The fourth-order valence-electron chi connectivity index (χ4n) is 3.24. The van der Waals surface area contributed by atoms with Crippen molar-refractivity contribution >= 4 is 33.3 Å². The molecular formula is C25H21NO3S. The van der Waals surface area contributed by atoms with Crippen LogP contribution in [0.4, 0.5) is 4.79 Å². The lowest BCUT2D eigenvalue weighted by Crippen LogP contribution is -2.42.